The number of hydrogen-bond donors (Lipinski definition) is 3. The maximum Gasteiger partial charge on any atom is 0.223 e. The molecule has 0 aliphatic heterocycles. The molecule has 1 aromatic carbocycles. The fraction of sp³-hybridized carbons (Fsp3) is 0.176. The van der Waals surface area contributed by atoms with Gasteiger partial charge in [0.15, 0.2) is 5.65 Å². The zero-order valence-corrected chi connectivity index (χ0v) is 14.8. The van der Waals surface area contributed by atoms with Crippen molar-refractivity contribution < 1.29 is 9.32 Å². The lowest BCUT2D eigenvalue weighted by molar-refractivity contribution is -0.119. The molecule has 0 aliphatic carbocycles. The van der Waals surface area contributed by atoms with Crippen LogP contribution in [0, 0.1) is 6.92 Å². The van der Waals surface area contributed by atoms with Gasteiger partial charge in [-0.2, -0.15) is 9.97 Å². The fourth-order valence-corrected chi connectivity index (χ4v) is 2.23. The molecular weight excluding hydrogens is 348 g/mol. The van der Waals surface area contributed by atoms with Crippen LogP contribution in [0.3, 0.4) is 0 Å². The number of carbonyl (C=O) groups excluding carboxylic acids is 1. The van der Waals surface area contributed by atoms with Crippen molar-refractivity contribution in [3.05, 3.63) is 48.1 Å². The van der Waals surface area contributed by atoms with Crippen molar-refractivity contribution in [1.82, 2.24) is 35.4 Å². The van der Waals surface area contributed by atoms with E-state index in [9.17, 15) is 4.79 Å². The number of amides is 1. The van der Waals surface area contributed by atoms with Crippen molar-refractivity contribution in [2.75, 3.05) is 5.73 Å². The van der Waals surface area contributed by atoms with Gasteiger partial charge in [-0.25, -0.2) is 9.97 Å². The molecular formula is C17H18N8O2. The van der Waals surface area contributed by atoms with Gasteiger partial charge in [-0.1, -0.05) is 35.5 Å². The second kappa shape index (κ2) is 8.04. The van der Waals surface area contributed by atoms with E-state index in [0.29, 0.717) is 35.1 Å². The van der Waals surface area contributed by atoms with Crippen molar-refractivity contribution in [1.29, 1.82) is 0 Å². The lowest BCUT2D eigenvalue weighted by Crippen LogP contribution is -2.18. The van der Waals surface area contributed by atoms with Crippen LogP contribution in [0.4, 0.5) is 5.95 Å². The van der Waals surface area contributed by atoms with E-state index in [2.05, 4.69) is 35.4 Å². The predicted octanol–water partition coefficient (Wildman–Crippen LogP) is 1.62. The third-order valence-corrected chi connectivity index (χ3v) is 3.43. The van der Waals surface area contributed by atoms with Crippen molar-refractivity contribution >= 4 is 23.0 Å². The van der Waals surface area contributed by atoms with Crippen molar-refractivity contribution in [2.24, 2.45) is 0 Å². The molecule has 3 aromatic heterocycles. The van der Waals surface area contributed by atoms with Crippen molar-refractivity contribution in [2.45, 2.75) is 20.4 Å². The number of benzene rings is 1. The number of fused-ring (bicyclic) bond motifs is 1. The maximum absolute atomic E-state index is 10.5. The zero-order chi connectivity index (χ0) is 19.2. The zero-order valence-electron chi connectivity index (χ0n) is 14.8. The summed E-state index contributed by atoms with van der Waals surface area (Å²) in [6.45, 7) is 3.84. The Morgan fingerprint density at radius 2 is 2.00 bits per heavy atom. The number of nitrogen functional groups attached to an aromatic ring is 1. The average molecular weight is 366 g/mol. The molecule has 4 rings (SSSR count). The predicted molar refractivity (Wildman–Crippen MR) is 98.1 cm³/mol. The molecule has 3 heterocycles. The highest BCUT2D eigenvalue weighted by Gasteiger charge is 2.15. The first-order valence-corrected chi connectivity index (χ1v) is 8.08. The normalized spacial score (nSPS) is 10.3. The summed E-state index contributed by atoms with van der Waals surface area (Å²) in [5.41, 5.74) is 8.29. The van der Waals surface area contributed by atoms with Crippen LogP contribution in [0.5, 0.6) is 0 Å². The number of nitrogens with zero attached hydrogens (tertiary/aromatic N) is 5. The van der Waals surface area contributed by atoms with Crippen LogP contribution < -0.4 is 11.1 Å². The quantitative estimate of drug-likeness (QED) is 0.495. The highest BCUT2D eigenvalue weighted by Crippen LogP contribution is 2.21. The maximum atomic E-state index is 10.5. The number of rotatable bonds is 3. The third-order valence-electron chi connectivity index (χ3n) is 3.43. The van der Waals surface area contributed by atoms with Gasteiger partial charge in [0, 0.05) is 20.4 Å². The van der Waals surface area contributed by atoms with Gasteiger partial charge in [0.25, 0.3) is 0 Å². The van der Waals surface area contributed by atoms with Gasteiger partial charge in [-0.05, 0) is 5.56 Å². The molecule has 4 N–H and O–H groups in total. The van der Waals surface area contributed by atoms with Gasteiger partial charge in [0.1, 0.15) is 11.2 Å². The lowest BCUT2D eigenvalue weighted by atomic mass is 10.2. The number of nitrogens with two attached hydrogens (primary N) is 1. The SMILES string of the molecule is CC(=O)NCc1ccccc1.Cc1nc(-c2nc(N)nc3nc[nH]c23)no1. The van der Waals surface area contributed by atoms with E-state index in [1.54, 1.807) is 6.92 Å². The number of H-pyrrole nitrogens is 1. The molecule has 0 aliphatic rings. The first kappa shape index (κ1) is 18.0. The van der Waals surface area contributed by atoms with E-state index in [-0.39, 0.29) is 11.9 Å². The number of aromatic nitrogens is 6. The van der Waals surface area contributed by atoms with Crippen LogP contribution in [0.1, 0.15) is 18.4 Å². The standard InChI is InChI=1S/C9H11NO.C8H7N7O/c1-8(11)10-7-9-5-3-2-4-6-9;1-3-12-7(15-16-3)5-4-6(11-2-10-4)14-8(9)13-5/h2-6H,7H2,1H3,(H,10,11);2H,1H3,(H3,9,10,11,13,14). The number of nitrogens with one attached hydrogen (secondary N) is 2. The fourth-order valence-electron chi connectivity index (χ4n) is 2.23. The number of carbonyl (C=O) groups is 1. The lowest BCUT2D eigenvalue weighted by Gasteiger charge is -2.00. The molecule has 1 amide bonds. The van der Waals surface area contributed by atoms with E-state index >= 15 is 0 Å². The summed E-state index contributed by atoms with van der Waals surface area (Å²) in [6.07, 6.45) is 1.51. The van der Waals surface area contributed by atoms with Gasteiger partial charge in [0.05, 0.1) is 6.33 Å². The number of hydrogen-bond acceptors (Lipinski definition) is 8. The number of anilines is 1. The molecule has 0 bridgehead atoms. The van der Waals surface area contributed by atoms with Crippen LogP contribution >= 0.6 is 0 Å². The molecule has 0 saturated heterocycles. The Hall–Kier alpha value is -3.82. The summed E-state index contributed by atoms with van der Waals surface area (Å²) >= 11 is 0. The minimum absolute atomic E-state index is 0.00820. The van der Waals surface area contributed by atoms with Gasteiger partial charge in [-0.15, -0.1) is 0 Å². The van der Waals surface area contributed by atoms with Crippen LogP contribution in [-0.4, -0.2) is 36.0 Å². The molecule has 4 aromatic rings. The Kier molecular flexibility index (Phi) is 5.36. The summed E-state index contributed by atoms with van der Waals surface area (Å²) in [6, 6.07) is 9.83. The molecule has 0 spiro atoms. The number of imidazole rings is 1. The van der Waals surface area contributed by atoms with E-state index in [4.69, 9.17) is 10.3 Å². The summed E-state index contributed by atoms with van der Waals surface area (Å²) in [5, 5.41) is 6.50. The molecule has 0 fully saturated rings. The highest BCUT2D eigenvalue weighted by atomic mass is 16.5. The molecule has 0 radical (unpaired) electrons. The van der Waals surface area contributed by atoms with Crippen LogP contribution in [0.25, 0.3) is 22.7 Å². The summed E-state index contributed by atoms with van der Waals surface area (Å²) in [7, 11) is 0. The molecule has 0 saturated carbocycles. The monoisotopic (exact) mass is 366 g/mol. The van der Waals surface area contributed by atoms with Gasteiger partial charge in [0.2, 0.25) is 23.6 Å². The van der Waals surface area contributed by atoms with Gasteiger partial charge in [-0.3, -0.25) is 4.79 Å². The number of aryl methyl sites for hydroxylation is 1. The smallest absolute Gasteiger partial charge is 0.223 e. The molecule has 10 nitrogen and oxygen atoms in total. The molecule has 138 valence electrons. The molecule has 0 atom stereocenters. The van der Waals surface area contributed by atoms with Gasteiger partial charge >= 0.3 is 0 Å². The molecule has 27 heavy (non-hydrogen) atoms. The van der Waals surface area contributed by atoms with Gasteiger partial charge < -0.3 is 20.6 Å². The second-order valence-corrected chi connectivity index (χ2v) is 5.56. The van der Waals surface area contributed by atoms with Crippen molar-refractivity contribution in [3.8, 4) is 11.5 Å². The summed E-state index contributed by atoms with van der Waals surface area (Å²) in [4.78, 5) is 29.5. The average Bonchev–Trinajstić information content (AvgIpc) is 3.29. The van der Waals surface area contributed by atoms with E-state index in [1.807, 2.05) is 30.3 Å². The van der Waals surface area contributed by atoms with Crippen molar-refractivity contribution in [3.63, 3.8) is 0 Å². The van der Waals surface area contributed by atoms with Crippen LogP contribution in [-0.2, 0) is 11.3 Å². The Balaban J connectivity index is 0.000000168. The summed E-state index contributed by atoms with van der Waals surface area (Å²) in [5.74, 6) is 0.951. The molecule has 0 unspecified atom stereocenters. The third kappa shape index (κ3) is 4.63. The minimum Gasteiger partial charge on any atom is -0.368 e. The Morgan fingerprint density at radius 3 is 2.67 bits per heavy atom. The highest BCUT2D eigenvalue weighted by molar-refractivity contribution is 5.85. The summed E-state index contributed by atoms with van der Waals surface area (Å²) < 4.78 is 4.89. The minimum atomic E-state index is 0.00820. The van der Waals surface area contributed by atoms with Crippen LogP contribution in [0.2, 0.25) is 0 Å². The second-order valence-electron chi connectivity index (χ2n) is 5.56. The Labute approximate surface area is 154 Å². The Morgan fingerprint density at radius 1 is 1.22 bits per heavy atom. The topological polar surface area (TPSA) is 148 Å². The Bertz CT molecular complexity index is 1040. The number of aromatic amines is 1. The van der Waals surface area contributed by atoms with E-state index < -0.39 is 0 Å². The first-order chi connectivity index (χ1) is 13.0. The van der Waals surface area contributed by atoms with Crippen LogP contribution in [0.15, 0.2) is 41.2 Å². The first-order valence-electron chi connectivity index (χ1n) is 8.08. The largest absolute Gasteiger partial charge is 0.368 e. The van der Waals surface area contributed by atoms with E-state index in [1.165, 1.54) is 13.3 Å². The molecule has 10 heteroatoms. The van der Waals surface area contributed by atoms with E-state index in [0.717, 1.165) is 5.56 Å².